The lowest BCUT2D eigenvalue weighted by atomic mass is 9.75. The summed E-state index contributed by atoms with van der Waals surface area (Å²) in [5, 5.41) is 6.78. The average molecular weight is 735 g/mol. The largest absolute Gasteiger partial charge is 0.304 e. The minimum Gasteiger partial charge on any atom is -0.304 e. The van der Waals surface area contributed by atoms with Crippen molar-refractivity contribution in [2.45, 2.75) is 93.3 Å². The third-order valence-electron chi connectivity index (χ3n) is 8.01. The molecule has 258 valence electrons. The van der Waals surface area contributed by atoms with Gasteiger partial charge >= 0.3 is 0 Å². The van der Waals surface area contributed by atoms with Gasteiger partial charge in [0.2, 0.25) is 0 Å². The highest BCUT2D eigenvalue weighted by Crippen LogP contribution is 2.39. The summed E-state index contributed by atoms with van der Waals surface area (Å²) >= 11 is 18.3. The Bertz CT molecular complexity index is 2490. The van der Waals surface area contributed by atoms with Gasteiger partial charge in [0, 0.05) is 64.4 Å². The van der Waals surface area contributed by atoms with Crippen LogP contribution in [0.2, 0.25) is 15.1 Å². The van der Waals surface area contributed by atoms with Gasteiger partial charge in [0.25, 0.3) is 0 Å². The van der Waals surface area contributed by atoms with Gasteiger partial charge in [-0.05, 0) is 94.2 Å². The Labute approximate surface area is 331 Å². The van der Waals surface area contributed by atoms with Crippen LogP contribution in [0.25, 0.3) is 0 Å². The summed E-state index contributed by atoms with van der Waals surface area (Å²) in [7, 11) is 1.19. The fourth-order valence-electron chi connectivity index (χ4n) is 5.42. The minimum absolute atomic E-state index is 0.0573. The van der Waals surface area contributed by atoms with E-state index in [1.807, 2.05) is 0 Å². The van der Waals surface area contributed by atoms with Crippen molar-refractivity contribution in [1.29, 1.82) is 0 Å². The lowest BCUT2D eigenvalue weighted by Crippen LogP contribution is -2.49. The zero-order chi connectivity index (χ0) is 54.1. The molecular formula is C39H48Cl3N3O3. The van der Waals surface area contributed by atoms with Crippen LogP contribution in [0.5, 0.6) is 0 Å². The Hall–Kier alpha value is -2.58. The van der Waals surface area contributed by atoms with Crippen molar-refractivity contribution >= 4 is 52.2 Å². The van der Waals surface area contributed by atoms with Crippen LogP contribution in [0, 0.1) is 0 Å². The lowest BCUT2D eigenvalue weighted by Gasteiger charge is -2.36. The molecule has 48 heavy (non-hydrogen) atoms. The zero-order valence-electron chi connectivity index (χ0n) is 47.6. The molecule has 0 aliphatic heterocycles. The number of likely N-dealkylation sites (N-methyl/N-ethyl adjacent to an activating group) is 3. The molecule has 0 bridgehead atoms. The highest BCUT2D eigenvalue weighted by Gasteiger charge is 2.43. The maximum Gasteiger partial charge on any atom is 0.157 e. The second kappa shape index (κ2) is 17.4. The number of hydrogen-bond donors (Lipinski definition) is 3. The smallest absolute Gasteiger partial charge is 0.157 e. The van der Waals surface area contributed by atoms with E-state index in [0.29, 0.717) is 23.4 Å². The van der Waals surface area contributed by atoms with Gasteiger partial charge in [-0.25, -0.2) is 0 Å². The molecule has 9 heteroatoms. The number of carbonyl (C=O) groups excluding carboxylic acids is 3. The van der Waals surface area contributed by atoms with Gasteiger partial charge < -0.3 is 16.0 Å². The maximum absolute atomic E-state index is 13.1. The SMILES string of the molecule is [2H]C([2H])([2H])NC1(c2ccccc2Cl)C(=O)C([2H])([2H])C([2H])([2H])C([2H])([2H])C1([2H])[2H].[2H]C([2H])([2H])NC1(c2ccccc2Cl)CCCCC1=O.[2H]C1([2H])C(=O)C(NC)(c2ccccc2Cl)C([2H])([2H])C([2H])([2H])C1([2H])[2H]. The van der Waals surface area contributed by atoms with Gasteiger partial charge in [0.05, 0.1) is 0 Å². The van der Waals surface area contributed by atoms with Crippen molar-refractivity contribution in [3.05, 3.63) is 105 Å². The molecule has 0 radical (unpaired) electrons. The number of carbonyl (C=O) groups is 3. The van der Waals surface area contributed by atoms with Crippen LogP contribution < -0.4 is 16.0 Å². The molecular weight excluding hydrogens is 665 g/mol. The average Bonchev–Trinajstić information content (AvgIpc) is 3.23. The highest BCUT2D eigenvalue weighted by molar-refractivity contribution is 6.32. The van der Waals surface area contributed by atoms with E-state index in [9.17, 15) is 14.4 Å². The number of ketones is 3. The number of Topliss-reactive ketones (excluding diaryl/α,β-unsaturated/α-hetero) is 3. The predicted molar refractivity (Wildman–Crippen MR) is 197 cm³/mol. The van der Waals surface area contributed by atoms with E-state index in [2.05, 4.69) is 10.6 Å². The van der Waals surface area contributed by atoms with Crippen LogP contribution in [0.4, 0.5) is 0 Å². The number of rotatable bonds is 6. The highest BCUT2D eigenvalue weighted by atomic mass is 35.5. The molecule has 3 N–H and O–H groups in total. The Morgan fingerprint density at radius 3 is 1.42 bits per heavy atom. The molecule has 3 atom stereocenters. The van der Waals surface area contributed by atoms with Gasteiger partial charge in [-0.15, -0.1) is 0 Å². The standard InChI is InChI=1S/3C13H16ClNO/c3*1-15-13(9-5-4-8-12(13)16)10-6-2-3-7-11(10)14/h3*2-3,6-7,15H,4-5,8-9H2,1H3/i1D3,4D2,5D2,8D2,9D2;4D2,5D2,8D2,9D2;1D3. The Morgan fingerprint density at radius 2 is 1.00 bits per heavy atom. The number of nitrogens with one attached hydrogen (secondary N) is 3. The summed E-state index contributed by atoms with van der Waals surface area (Å²) in [6, 6.07) is 17.6. The minimum atomic E-state index is -3.62. The number of halogens is 3. The first kappa shape index (κ1) is 18.1. The molecule has 6 nitrogen and oxygen atoms in total. The van der Waals surface area contributed by atoms with Gasteiger partial charge in [-0.2, -0.15) is 0 Å². The molecule has 3 fully saturated rings. The van der Waals surface area contributed by atoms with E-state index in [1.54, 1.807) is 29.6 Å². The predicted octanol–water partition coefficient (Wildman–Crippen LogP) is 8.69. The third-order valence-corrected chi connectivity index (χ3v) is 8.99. The van der Waals surface area contributed by atoms with Crippen molar-refractivity contribution in [3.63, 3.8) is 0 Å². The summed E-state index contributed by atoms with van der Waals surface area (Å²) in [6.45, 7) is -5.59. The van der Waals surface area contributed by atoms with Crippen LogP contribution in [-0.4, -0.2) is 38.3 Å². The molecule has 3 aromatic rings. The zero-order valence-corrected chi connectivity index (χ0v) is 27.9. The molecule has 6 rings (SSSR count). The molecule has 0 aromatic heterocycles. The molecule has 0 amide bonds. The first-order valence-electron chi connectivity index (χ1n) is 25.6. The van der Waals surface area contributed by atoms with Crippen LogP contribution in [0.1, 0.15) is 124 Å². The maximum atomic E-state index is 13.1. The fourth-order valence-corrected chi connectivity index (χ4v) is 6.28. The molecule has 3 aliphatic carbocycles. The van der Waals surface area contributed by atoms with Crippen LogP contribution in [0.15, 0.2) is 72.8 Å². The van der Waals surface area contributed by atoms with E-state index in [0.717, 1.165) is 18.9 Å². The first-order chi connectivity index (χ1) is 31.5. The van der Waals surface area contributed by atoms with Gasteiger partial charge in [-0.1, -0.05) is 109 Å². The molecule has 3 unspecified atom stereocenters. The third kappa shape index (κ3) is 7.90. The molecule has 3 aromatic carbocycles. The van der Waals surface area contributed by atoms with E-state index < -0.39 is 98.7 Å². The fraction of sp³-hybridized carbons (Fsp3) is 0.462. The van der Waals surface area contributed by atoms with Crippen LogP contribution in [0.3, 0.4) is 0 Å². The van der Waals surface area contributed by atoms with Crippen molar-refractivity contribution in [2.75, 3.05) is 21.0 Å². The first-order valence-corrected chi connectivity index (χ1v) is 15.8. The van der Waals surface area contributed by atoms with Gasteiger partial charge in [0.1, 0.15) is 16.6 Å². The topological polar surface area (TPSA) is 87.3 Å². The van der Waals surface area contributed by atoms with Gasteiger partial charge in [0.15, 0.2) is 17.3 Å². The quantitative estimate of drug-likeness (QED) is 0.235. The van der Waals surface area contributed by atoms with E-state index in [-0.39, 0.29) is 21.4 Å². The monoisotopic (exact) mass is 733 g/mol. The molecule has 0 spiro atoms. The van der Waals surface area contributed by atoms with Crippen LogP contribution >= 0.6 is 34.8 Å². The summed E-state index contributed by atoms with van der Waals surface area (Å²) in [5.74, 6) is -3.34. The second-order valence-electron chi connectivity index (χ2n) is 10.6. The summed E-state index contributed by atoms with van der Waals surface area (Å²) in [6.07, 6.45) is -25.0. The van der Waals surface area contributed by atoms with E-state index in [4.69, 9.17) is 65.0 Å². The summed E-state index contributed by atoms with van der Waals surface area (Å²) in [4.78, 5) is 38.4. The van der Waals surface area contributed by atoms with Crippen molar-refractivity contribution in [1.82, 2.24) is 16.0 Å². The Kier molecular flexibility index (Phi) is 6.54. The Balaban J connectivity index is 0.000000232. The number of benzene rings is 3. The summed E-state index contributed by atoms with van der Waals surface area (Å²) < 4.78 is 173. The normalized spacial score (nSPS) is 41.5. The molecule has 3 aliphatic rings. The molecule has 3 saturated carbocycles. The Morgan fingerprint density at radius 1 is 0.583 bits per heavy atom. The van der Waals surface area contributed by atoms with E-state index >= 15 is 0 Å². The van der Waals surface area contributed by atoms with Crippen molar-refractivity contribution in [3.8, 4) is 0 Å². The van der Waals surface area contributed by atoms with Gasteiger partial charge in [-0.3, -0.25) is 14.4 Å². The van der Waals surface area contributed by atoms with Crippen molar-refractivity contribution in [2.24, 2.45) is 0 Å². The van der Waals surface area contributed by atoms with E-state index in [1.165, 1.54) is 49.5 Å². The number of hydrogen-bond acceptors (Lipinski definition) is 6. The molecule has 0 saturated heterocycles. The van der Waals surface area contributed by atoms with Crippen molar-refractivity contribution < 1.29 is 44.5 Å². The van der Waals surface area contributed by atoms with Crippen LogP contribution in [-0.2, 0) is 31.0 Å². The summed E-state index contributed by atoms with van der Waals surface area (Å²) in [5.41, 5.74) is -6.87. The molecule has 0 heterocycles. The lowest BCUT2D eigenvalue weighted by molar-refractivity contribution is -0.128. The second-order valence-corrected chi connectivity index (χ2v) is 11.9.